The summed E-state index contributed by atoms with van der Waals surface area (Å²) in [6.45, 7) is 4.84. The molecule has 0 heteroatoms. The summed E-state index contributed by atoms with van der Waals surface area (Å²) in [5.41, 5.74) is 16.4. The molecule has 9 rings (SSSR count). The molecule has 0 aliphatic heterocycles. The van der Waals surface area contributed by atoms with Crippen molar-refractivity contribution in [2.24, 2.45) is 0 Å². The molecule has 0 radical (unpaired) electrons. The molecule has 0 fully saturated rings. The van der Waals surface area contributed by atoms with Gasteiger partial charge in [0.2, 0.25) is 0 Å². The Morgan fingerprint density at radius 3 is 1.29 bits per heavy atom. The van der Waals surface area contributed by atoms with Crippen LogP contribution in [0.1, 0.15) is 47.2 Å². The third-order valence-electron chi connectivity index (χ3n) is 9.65. The lowest BCUT2D eigenvalue weighted by Crippen LogP contribution is -2.27. The van der Waals surface area contributed by atoms with E-state index in [0.717, 1.165) is 0 Å². The fraction of sp³-hybridized carbons (Fsp3) is 0.105. The van der Waals surface area contributed by atoms with Crippen molar-refractivity contribution < 1.29 is 0 Å². The van der Waals surface area contributed by atoms with Crippen LogP contribution in [-0.2, 0) is 10.8 Å². The van der Waals surface area contributed by atoms with Gasteiger partial charge in [-0.1, -0.05) is 135 Å². The molecule has 0 heterocycles. The Bertz CT molecular complexity index is 1930. The number of benzene rings is 6. The van der Waals surface area contributed by atoms with E-state index in [4.69, 9.17) is 0 Å². The summed E-state index contributed by atoms with van der Waals surface area (Å²) in [5, 5.41) is 2.77. The van der Waals surface area contributed by atoms with Crippen LogP contribution in [0.2, 0.25) is 0 Å². The molecule has 6 aromatic rings. The van der Waals surface area contributed by atoms with Gasteiger partial charge in [-0.2, -0.15) is 0 Å². The van der Waals surface area contributed by atoms with Gasteiger partial charge in [-0.05, 0) is 77.5 Å². The number of hydrogen-bond acceptors (Lipinski definition) is 0. The maximum atomic E-state index is 2.42. The van der Waals surface area contributed by atoms with E-state index < -0.39 is 0 Å². The van der Waals surface area contributed by atoms with Crippen LogP contribution in [0.3, 0.4) is 0 Å². The normalized spacial score (nSPS) is 16.1. The molecule has 0 saturated heterocycles. The second kappa shape index (κ2) is 6.71. The molecule has 3 aliphatic rings. The maximum Gasteiger partial charge on any atom is 0.0731 e. The van der Waals surface area contributed by atoms with Gasteiger partial charge in [0.15, 0.2) is 0 Å². The summed E-state index contributed by atoms with van der Waals surface area (Å²) in [6, 6.07) is 45.8. The van der Waals surface area contributed by atoms with Gasteiger partial charge in [0.25, 0.3) is 0 Å². The smallest absolute Gasteiger partial charge is 0.0619 e. The average Bonchev–Trinajstić information content (AvgIpc) is 3.52. The Balaban J connectivity index is 1.55. The lowest BCUT2D eigenvalue weighted by atomic mass is 9.67. The van der Waals surface area contributed by atoms with Crippen LogP contribution in [0.25, 0.3) is 44.2 Å². The third-order valence-corrected chi connectivity index (χ3v) is 9.65. The van der Waals surface area contributed by atoms with Crippen molar-refractivity contribution >= 4 is 10.8 Å². The molecule has 178 valence electrons. The van der Waals surface area contributed by atoms with E-state index in [1.807, 2.05) is 0 Å². The first kappa shape index (κ1) is 20.6. The largest absolute Gasteiger partial charge is 0.0731 e. The monoisotopic (exact) mass is 482 g/mol. The van der Waals surface area contributed by atoms with E-state index in [2.05, 4.69) is 135 Å². The van der Waals surface area contributed by atoms with Crippen molar-refractivity contribution in [3.63, 3.8) is 0 Å². The van der Waals surface area contributed by atoms with Gasteiger partial charge in [-0.15, -0.1) is 0 Å². The summed E-state index contributed by atoms with van der Waals surface area (Å²) in [7, 11) is 0. The molecule has 1 spiro atoms. The highest BCUT2D eigenvalue weighted by molar-refractivity contribution is 6.08. The Morgan fingerprint density at radius 1 is 0.368 bits per heavy atom. The predicted molar refractivity (Wildman–Crippen MR) is 158 cm³/mol. The maximum absolute atomic E-state index is 2.42. The zero-order chi connectivity index (χ0) is 25.2. The molecule has 0 saturated carbocycles. The molecule has 38 heavy (non-hydrogen) atoms. The van der Waals surface area contributed by atoms with Gasteiger partial charge in [-0.3, -0.25) is 0 Å². The van der Waals surface area contributed by atoms with E-state index in [-0.39, 0.29) is 10.8 Å². The van der Waals surface area contributed by atoms with E-state index >= 15 is 0 Å². The van der Waals surface area contributed by atoms with Crippen molar-refractivity contribution in [2.75, 3.05) is 0 Å². The molecular formula is C38H26. The molecule has 0 nitrogen and oxygen atoms in total. The molecule has 0 amide bonds. The molecule has 0 bridgehead atoms. The molecule has 6 aromatic carbocycles. The van der Waals surface area contributed by atoms with Crippen LogP contribution in [0.5, 0.6) is 0 Å². The van der Waals surface area contributed by atoms with Gasteiger partial charge in [0, 0.05) is 5.41 Å². The van der Waals surface area contributed by atoms with Crippen molar-refractivity contribution in [1.82, 2.24) is 0 Å². The van der Waals surface area contributed by atoms with Crippen molar-refractivity contribution in [3.8, 4) is 33.4 Å². The molecular weight excluding hydrogens is 456 g/mol. The first-order chi connectivity index (χ1) is 18.6. The molecule has 0 atom stereocenters. The minimum atomic E-state index is -0.335. The number of hydrogen-bond donors (Lipinski definition) is 0. The quantitative estimate of drug-likeness (QED) is 0.202. The van der Waals surface area contributed by atoms with Gasteiger partial charge in [0.1, 0.15) is 0 Å². The fourth-order valence-electron chi connectivity index (χ4n) is 8.28. The summed E-state index contributed by atoms with van der Waals surface area (Å²) in [6.07, 6.45) is 0. The minimum absolute atomic E-state index is 0.0891. The molecule has 0 unspecified atom stereocenters. The van der Waals surface area contributed by atoms with Gasteiger partial charge in [0.05, 0.1) is 5.41 Å². The molecule has 3 aliphatic carbocycles. The predicted octanol–water partition coefficient (Wildman–Crippen LogP) is 9.49. The Morgan fingerprint density at radius 2 is 0.763 bits per heavy atom. The topological polar surface area (TPSA) is 0 Å². The van der Waals surface area contributed by atoms with E-state index in [1.54, 1.807) is 0 Å². The Hall–Kier alpha value is -4.42. The lowest BCUT2D eigenvalue weighted by molar-refractivity contribution is 0.664. The van der Waals surface area contributed by atoms with Crippen molar-refractivity contribution in [2.45, 2.75) is 24.7 Å². The number of fused-ring (bicyclic) bond motifs is 16. The molecule has 0 N–H and O–H groups in total. The fourth-order valence-corrected chi connectivity index (χ4v) is 8.28. The van der Waals surface area contributed by atoms with Crippen LogP contribution in [0.15, 0.2) is 121 Å². The van der Waals surface area contributed by atoms with Crippen LogP contribution in [0, 0.1) is 0 Å². The Kier molecular flexibility index (Phi) is 3.64. The summed E-state index contributed by atoms with van der Waals surface area (Å²) in [5.74, 6) is 0. The zero-order valence-corrected chi connectivity index (χ0v) is 21.5. The Labute approximate surface area is 223 Å². The first-order valence-electron chi connectivity index (χ1n) is 13.6. The third kappa shape index (κ3) is 2.14. The zero-order valence-electron chi connectivity index (χ0n) is 21.5. The van der Waals surface area contributed by atoms with Gasteiger partial charge in [-0.25, -0.2) is 0 Å². The molecule has 0 aromatic heterocycles. The van der Waals surface area contributed by atoms with Crippen molar-refractivity contribution in [1.29, 1.82) is 0 Å². The second-order valence-corrected chi connectivity index (χ2v) is 11.6. The van der Waals surface area contributed by atoms with Crippen molar-refractivity contribution in [3.05, 3.63) is 155 Å². The van der Waals surface area contributed by atoms with Crippen LogP contribution in [-0.4, -0.2) is 0 Å². The lowest BCUT2D eigenvalue weighted by Gasteiger charge is -2.33. The first-order valence-corrected chi connectivity index (χ1v) is 13.6. The van der Waals surface area contributed by atoms with Crippen LogP contribution < -0.4 is 0 Å². The highest BCUT2D eigenvalue weighted by atomic mass is 14.5. The van der Waals surface area contributed by atoms with Crippen LogP contribution in [0.4, 0.5) is 0 Å². The summed E-state index contributed by atoms with van der Waals surface area (Å²) < 4.78 is 0. The van der Waals surface area contributed by atoms with E-state index in [9.17, 15) is 0 Å². The summed E-state index contributed by atoms with van der Waals surface area (Å²) >= 11 is 0. The minimum Gasteiger partial charge on any atom is -0.0619 e. The standard InChI is InChI=1S/C38H26/c1-37(2)30-15-7-3-13-26(30)28-21-19-23-20-22-29-27-14-6-10-18-33(27)38(36(29)34(23)35(28)37)31-16-8-4-11-24(31)25-12-5-9-17-32(25)38/h3-22H,1-2H3. The second-order valence-electron chi connectivity index (χ2n) is 11.6. The van der Waals surface area contributed by atoms with E-state index in [1.165, 1.54) is 77.5 Å². The van der Waals surface area contributed by atoms with E-state index in [0.29, 0.717) is 0 Å². The highest BCUT2D eigenvalue weighted by Gasteiger charge is 2.53. The number of rotatable bonds is 0. The van der Waals surface area contributed by atoms with Gasteiger partial charge < -0.3 is 0 Å². The average molecular weight is 483 g/mol. The van der Waals surface area contributed by atoms with Gasteiger partial charge >= 0.3 is 0 Å². The van der Waals surface area contributed by atoms with Crippen LogP contribution >= 0.6 is 0 Å². The summed E-state index contributed by atoms with van der Waals surface area (Å²) in [4.78, 5) is 0. The SMILES string of the molecule is CC1(C)c2ccccc2-c2ccc3ccc4c(c3c21)C1(c2ccccc2-c2ccccc21)c1ccccc1-4. The highest BCUT2D eigenvalue weighted by Crippen LogP contribution is 2.65.